The predicted molar refractivity (Wildman–Crippen MR) is 79.1 cm³/mol. The number of hydrogen-bond donors (Lipinski definition) is 1. The molecule has 2 unspecified atom stereocenters. The minimum Gasteiger partial charge on any atom is -0.378 e. The molecule has 0 saturated carbocycles. The van der Waals surface area contributed by atoms with E-state index < -0.39 is 0 Å². The minimum atomic E-state index is 0.155. The third kappa shape index (κ3) is 2.72. The molecule has 20 heavy (non-hydrogen) atoms. The topological polar surface area (TPSA) is 41.6 Å². The Hall–Kier alpha value is -1.39. The number of benzene rings is 1. The third-order valence-electron chi connectivity index (χ3n) is 4.26. The second kappa shape index (κ2) is 5.94. The average Bonchev–Trinajstić information content (AvgIpc) is 2.49. The lowest BCUT2D eigenvalue weighted by Crippen LogP contribution is -2.46. The molecule has 1 amide bonds. The largest absolute Gasteiger partial charge is 0.378 e. The van der Waals surface area contributed by atoms with Gasteiger partial charge in [-0.2, -0.15) is 0 Å². The number of ether oxygens (including phenoxy) is 1. The fourth-order valence-corrected chi connectivity index (χ4v) is 3.08. The van der Waals surface area contributed by atoms with Crippen LogP contribution in [0.4, 0.5) is 5.69 Å². The van der Waals surface area contributed by atoms with E-state index in [0.29, 0.717) is 18.9 Å². The molecule has 4 heteroatoms. The van der Waals surface area contributed by atoms with Gasteiger partial charge < -0.3 is 15.0 Å². The quantitative estimate of drug-likeness (QED) is 0.895. The molecule has 2 aliphatic heterocycles. The Labute approximate surface area is 120 Å². The van der Waals surface area contributed by atoms with Gasteiger partial charge in [0.2, 0.25) is 5.91 Å². The Kier molecular flexibility index (Phi) is 4.03. The number of anilines is 1. The number of hydrogen-bond acceptors (Lipinski definition) is 3. The number of para-hydroxylation sites is 1. The van der Waals surface area contributed by atoms with E-state index in [4.69, 9.17) is 4.74 Å². The second-order valence-electron chi connectivity index (χ2n) is 5.72. The number of nitrogens with one attached hydrogen (secondary N) is 1. The summed E-state index contributed by atoms with van der Waals surface area (Å²) in [5, 5.41) is 3.35. The summed E-state index contributed by atoms with van der Waals surface area (Å²) < 4.78 is 5.42. The highest BCUT2D eigenvalue weighted by atomic mass is 16.5. The van der Waals surface area contributed by atoms with Gasteiger partial charge in [-0.25, -0.2) is 0 Å². The van der Waals surface area contributed by atoms with Crippen LogP contribution in [0.5, 0.6) is 0 Å². The van der Waals surface area contributed by atoms with Crippen LogP contribution in [0.3, 0.4) is 0 Å². The summed E-state index contributed by atoms with van der Waals surface area (Å²) in [4.78, 5) is 14.5. The van der Waals surface area contributed by atoms with Crippen molar-refractivity contribution in [3.63, 3.8) is 0 Å². The summed E-state index contributed by atoms with van der Waals surface area (Å²) in [5.41, 5.74) is 2.38. The summed E-state index contributed by atoms with van der Waals surface area (Å²) in [6.07, 6.45) is 1.56. The lowest BCUT2D eigenvalue weighted by atomic mass is 9.91. The number of carbonyl (C=O) groups is 1. The summed E-state index contributed by atoms with van der Waals surface area (Å²) in [7, 11) is 0. The molecule has 0 bridgehead atoms. The standard InChI is InChI=1S/C16H22N2O2/c1-12-6-8-18(15-5-3-2-4-14(12)15)16(19)10-13-11-20-9-7-17-13/h2-5,12-13,17H,6-11H2,1H3. The fourth-order valence-electron chi connectivity index (χ4n) is 3.08. The SMILES string of the molecule is CC1CCN(C(=O)CC2COCCN2)c2ccccc21. The summed E-state index contributed by atoms with van der Waals surface area (Å²) in [6.45, 7) is 5.28. The van der Waals surface area contributed by atoms with Crippen molar-refractivity contribution in [2.75, 3.05) is 31.2 Å². The molecular weight excluding hydrogens is 252 g/mol. The maximum absolute atomic E-state index is 12.6. The number of carbonyl (C=O) groups excluding carboxylic acids is 1. The molecule has 108 valence electrons. The van der Waals surface area contributed by atoms with Crippen molar-refractivity contribution in [2.24, 2.45) is 0 Å². The van der Waals surface area contributed by atoms with Crippen molar-refractivity contribution < 1.29 is 9.53 Å². The molecule has 1 saturated heterocycles. The molecule has 1 N–H and O–H groups in total. The zero-order valence-corrected chi connectivity index (χ0v) is 12.0. The van der Waals surface area contributed by atoms with Crippen LogP contribution in [0, 0.1) is 0 Å². The van der Waals surface area contributed by atoms with E-state index in [1.54, 1.807) is 0 Å². The van der Waals surface area contributed by atoms with Crippen LogP contribution in [0.25, 0.3) is 0 Å². The lowest BCUT2D eigenvalue weighted by molar-refractivity contribution is -0.119. The molecule has 1 aromatic rings. The first-order valence-corrected chi connectivity index (χ1v) is 7.46. The van der Waals surface area contributed by atoms with Crippen molar-refractivity contribution in [3.05, 3.63) is 29.8 Å². The fraction of sp³-hybridized carbons (Fsp3) is 0.562. The first kappa shape index (κ1) is 13.6. The number of rotatable bonds is 2. The van der Waals surface area contributed by atoms with Crippen molar-refractivity contribution in [1.82, 2.24) is 5.32 Å². The van der Waals surface area contributed by atoms with E-state index in [0.717, 1.165) is 31.8 Å². The third-order valence-corrected chi connectivity index (χ3v) is 4.26. The summed E-state index contributed by atoms with van der Waals surface area (Å²) in [5.74, 6) is 0.735. The Morgan fingerprint density at radius 3 is 3.10 bits per heavy atom. The van der Waals surface area contributed by atoms with Gasteiger partial charge in [0, 0.05) is 31.2 Å². The van der Waals surface area contributed by atoms with Crippen LogP contribution in [0.1, 0.15) is 31.2 Å². The Morgan fingerprint density at radius 2 is 2.30 bits per heavy atom. The normalized spacial score (nSPS) is 26.1. The molecular formula is C16H22N2O2. The second-order valence-corrected chi connectivity index (χ2v) is 5.72. The van der Waals surface area contributed by atoms with Gasteiger partial charge >= 0.3 is 0 Å². The molecule has 2 aliphatic rings. The molecule has 2 heterocycles. The smallest absolute Gasteiger partial charge is 0.228 e. The van der Waals surface area contributed by atoms with E-state index >= 15 is 0 Å². The average molecular weight is 274 g/mol. The zero-order chi connectivity index (χ0) is 13.9. The molecule has 0 aliphatic carbocycles. The van der Waals surface area contributed by atoms with Crippen molar-refractivity contribution in [1.29, 1.82) is 0 Å². The van der Waals surface area contributed by atoms with E-state index in [2.05, 4.69) is 30.4 Å². The number of fused-ring (bicyclic) bond motifs is 1. The first-order valence-electron chi connectivity index (χ1n) is 7.46. The number of amides is 1. The van der Waals surface area contributed by atoms with Gasteiger partial charge in [0.15, 0.2) is 0 Å². The molecule has 0 spiro atoms. The highest BCUT2D eigenvalue weighted by Crippen LogP contribution is 2.35. The van der Waals surface area contributed by atoms with Gasteiger partial charge in [0.05, 0.1) is 13.2 Å². The summed E-state index contributed by atoms with van der Waals surface area (Å²) >= 11 is 0. The van der Waals surface area contributed by atoms with Crippen LogP contribution in [0.2, 0.25) is 0 Å². The van der Waals surface area contributed by atoms with E-state index in [9.17, 15) is 4.79 Å². The predicted octanol–water partition coefficient (Wildman–Crippen LogP) is 1.91. The minimum absolute atomic E-state index is 0.155. The lowest BCUT2D eigenvalue weighted by Gasteiger charge is -2.34. The maximum Gasteiger partial charge on any atom is 0.228 e. The Balaban J connectivity index is 1.73. The van der Waals surface area contributed by atoms with Crippen LogP contribution in [-0.2, 0) is 9.53 Å². The molecule has 1 aromatic carbocycles. The molecule has 0 radical (unpaired) electrons. The van der Waals surface area contributed by atoms with Crippen molar-refractivity contribution in [2.45, 2.75) is 31.7 Å². The van der Waals surface area contributed by atoms with Crippen LogP contribution in [-0.4, -0.2) is 38.3 Å². The number of nitrogens with zero attached hydrogens (tertiary/aromatic N) is 1. The molecule has 4 nitrogen and oxygen atoms in total. The van der Waals surface area contributed by atoms with Crippen LogP contribution in [0.15, 0.2) is 24.3 Å². The van der Waals surface area contributed by atoms with Gasteiger partial charge in [0.1, 0.15) is 0 Å². The van der Waals surface area contributed by atoms with E-state index in [1.807, 2.05) is 11.0 Å². The van der Waals surface area contributed by atoms with Crippen molar-refractivity contribution in [3.8, 4) is 0 Å². The van der Waals surface area contributed by atoms with E-state index in [1.165, 1.54) is 5.56 Å². The van der Waals surface area contributed by atoms with Crippen molar-refractivity contribution >= 4 is 11.6 Å². The van der Waals surface area contributed by atoms with Gasteiger partial charge in [-0.15, -0.1) is 0 Å². The summed E-state index contributed by atoms with van der Waals surface area (Å²) in [6, 6.07) is 8.43. The van der Waals surface area contributed by atoms with Gasteiger partial charge in [-0.1, -0.05) is 25.1 Å². The first-order chi connectivity index (χ1) is 9.75. The Bertz CT molecular complexity index is 483. The Morgan fingerprint density at radius 1 is 1.45 bits per heavy atom. The highest BCUT2D eigenvalue weighted by molar-refractivity contribution is 5.95. The molecule has 3 rings (SSSR count). The van der Waals surface area contributed by atoms with Gasteiger partial charge in [-0.05, 0) is 24.0 Å². The molecule has 0 aromatic heterocycles. The maximum atomic E-state index is 12.6. The number of morpholine rings is 1. The zero-order valence-electron chi connectivity index (χ0n) is 12.0. The van der Waals surface area contributed by atoms with Crippen LogP contribution >= 0.6 is 0 Å². The van der Waals surface area contributed by atoms with E-state index in [-0.39, 0.29) is 11.9 Å². The molecule has 1 fully saturated rings. The highest BCUT2D eigenvalue weighted by Gasteiger charge is 2.28. The van der Waals surface area contributed by atoms with Gasteiger partial charge in [0.25, 0.3) is 0 Å². The van der Waals surface area contributed by atoms with Crippen LogP contribution < -0.4 is 10.2 Å². The monoisotopic (exact) mass is 274 g/mol. The van der Waals surface area contributed by atoms with Gasteiger partial charge in [-0.3, -0.25) is 4.79 Å². The molecule has 2 atom stereocenters.